The first-order valence-electron chi connectivity index (χ1n) is 6.81. The first kappa shape index (κ1) is 14.5. The molecule has 0 aliphatic carbocycles. The Morgan fingerprint density at radius 3 is 2.86 bits per heavy atom. The average Bonchev–Trinajstić information content (AvgIpc) is 2.87. The van der Waals surface area contributed by atoms with Crippen LogP contribution in [0.4, 0.5) is 0 Å². The zero-order chi connectivity index (χ0) is 15.0. The fourth-order valence-electron chi connectivity index (χ4n) is 2.34. The minimum Gasteiger partial charge on any atom is -0.464 e. The van der Waals surface area contributed by atoms with Gasteiger partial charge in [-0.3, -0.25) is 0 Å². The number of hydrogen-bond donors (Lipinski definition) is 1. The van der Waals surface area contributed by atoms with Crippen molar-refractivity contribution in [2.45, 2.75) is 20.3 Å². The number of nitrogens with zero attached hydrogens (tertiary/aromatic N) is 1. The van der Waals surface area contributed by atoms with Crippen molar-refractivity contribution in [3.63, 3.8) is 0 Å². The van der Waals surface area contributed by atoms with Gasteiger partial charge in [-0.05, 0) is 34.3 Å². The van der Waals surface area contributed by atoms with Crippen LogP contribution < -0.4 is 0 Å². The van der Waals surface area contributed by atoms with Gasteiger partial charge in [0.15, 0.2) is 0 Å². The second-order valence-electron chi connectivity index (χ2n) is 5.43. The summed E-state index contributed by atoms with van der Waals surface area (Å²) in [5.41, 5.74) is 2.86. The number of fused-ring (bicyclic) bond motifs is 1. The fourth-order valence-corrected chi connectivity index (χ4v) is 2.91. The zero-order valence-electron chi connectivity index (χ0n) is 11.8. The molecule has 2 heterocycles. The summed E-state index contributed by atoms with van der Waals surface area (Å²) in [6.07, 6.45) is 2.64. The molecule has 21 heavy (non-hydrogen) atoms. The third-order valence-corrected chi connectivity index (χ3v) is 4.70. The Labute approximate surface area is 136 Å². The van der Waals surface area contributed by atoms with Crippen molar-refractivity contribution in [2.75, 3.05) is 0 Å². The Morgan fingerprint density at radius 2 is 2.10 bits per heavy atom. The van der Waals surface area contributed by atoms with E-state index in [2.05, 4.69) is 39.7 Å². The summed E-state index contributed by atoms with van der Waals surface area (Å²) in [6, 6.07) is 7.92. The topological polar surface area (TPSA) is 41.8 Å². The molecule has 0 radical (unpaired) electrons. The van der Waals surface area contributed by atoms with Gasteiger partial charge in [0, 0.05) is 11.1 Å². The van der Waals surface area contributed by atoms with Crippen LogP contribution >= 0.6 is 28.1 Å². The predicted octanol–water partition coefficient (Wildman–Crippen LogP) is 5.51. The van der Waals surface area contributed by atoms with Gasteiger partial charge in [-0.2, -0.15) is 0 Å². The number of hydrogen-bond acceptors (Lipinski definition) is 3. The van der Waals surface area contributed by atoms with Crippen molar-refractivity contribution in [2.24, 2.45) is 5.92 Å². The monoisotopic (exact) mass is 362 g/mol. The van der Waals surface area contributed by atoms with Crippen molar-refractivity contribution in [1.82, 2.24) is 9.97 Å². The van der Waals surface area contributed by atoms with Crippen molar-refractivity contribution in [1.29, 1.82) is 0 Å². The molecule has 0 saturated carbocycles. The van der Waals surface area contributed by atoms with E-state index >= 15 is 0 Å². The molecule has 2 aromatic heterocycles. The third-order valence-electron chi connectivity index (χ3n) is 3.28. The highest BCUT2D eigenvalue weighted by atomic mass is 79.9. The second-order valence-corrected chi connectivity index (χ2v) is 6.61. The van der Waals surface area contributed by atoms with Gasteiger partial charge in [0.25, 0.3) is 0 Å². The number of H-pyrrole nitrogens is 1. The van der Waals surface area contributed by atoms with Gasteiger partial charge in [-0.15, -0.1) is 0 Å². The van der Waals surface area contributed by atoms with Gasteiger partial charge in [-0.1, -0.05) is 44.3 Å². The van der Waals surface area contributed by atoms with E-state index < -0.39 is 0 Å². The lowest BCUT2D eigenvalue weighted by Crippen LogP contribution is -2.02. The number of benzene rings is 1. The molecule has 3 nitrogen and oxygen atoms in total. The van der Waals surface area contributed by atoms with Crippen LogP contribution in [0.2, 0.25) is 0 Å². The summed E-state index contributed by atoms with van der Waals surface area (Å²) in [7, 11) is 0. The molecule has 0 spiro atoms. The average molecular weight is 363 g/mol. The second kappa shape index (κ2) is 5.73. The normalized spacial score (nSPS) is 11.4. The predicted molar refractivity (Wildman–Crippen MR) is 90.9 cm³/mol. The Balaban J connectivity index is 2.18. The van der Waals surface area contributed by atoms with E-state index in [1.165, 1.54) is 0 Å². The van der Waals surface area contributed by atoms with Crippen molar-refractivity contribution in [3.8, 4) is 11.4 Å². The van der Waals surface area contributed by atoms with E-state index in [4.69, 9.17) is 16.6 Å². The smallest absolute Gasteiger partial charge is 0.144 e. The quantitative estimate of drug-likeness (QED) is 0.624. The minimum atomic E-state index is 0.531. The van der Waals surface area contributed by atoms with Crippen LogP contribution in [-0.4, -0.2) is 9.97 Å². The van der Waals surface area contributed by atoms with E-state index in [0.717, 1.165) is 38.9 Å². The molecule has 0 aliphatic heterocycles. The van der Waals surface area contributed by atoms with E-state index in [1.54, 1.807) is 6.26 Å². The molecule has 3 aromatic rings. The fraction of sp³-hybridized carbons (Fsp3) is 0.250. The number of aromatic nitrogens is 2. The molecular weight excluding hydrogens is 348 g/mol. The van der Waals surface area contributed by atoms with Crippen LogP contribution in [0.5, 0.6) is 0 Å². The molecule has 5 heteroatoms. The van der Waals surface area contributed by atoms with Gasteiger partial charge in [0.2, 0.25) is 0 Å². The third kappa shape index (κ3) is 2.80. The lowest BCUT2D eigenvalue weighted by Gasteiger charge is -2.10. The number of rotatable bonds is 3. The number of nitrogens with one attached hydrogen (secondary N) is 1. The first-order valence-corrected chi connectivity index (χ1v) is 8.01. The molecular formula is C16H15BrN2OS. The Morgan fingerprint density at radius 1 is 1.33 bits per heavy atom. The van der Waals surface area contributed by atoms with E-state index in [-0.39, 0.29) is 0 Å². The van der Waals surface area contributed by atoms with E-state index in [0.29, 0.717) is 10.6 Å². The zero-order valence-corrected chi connectivity index (χ0v) is 14.2. The Bertz CT molecular complexity index is 851. The number of para-hydroxylation sites is 1. The molecule has 0 unspecified atom stereocenters. The maximum atomic E-state index is 5.59. The summed E-state index contributed by atoms with van der Waals surface area (Å²) in [4.78, 5) is 7.88. The molecule has 0 aliphatic rings. The van der Waals surface area contributed by atoms with Crippen molar-refractivity contribution >= 4 is 39.1 Å². The standard InChI is InChI=1S/C16H15BrN2OS/c1-9(2)7-12-14(17)16(21)19-15(18-12)11-8-20-13-6-4-3-5-10(11)13/h3-6,8-9H,7H2,1-2H3,(H,18,19,21). The number of halogens is 1. The van der Waals surface area contributed by atoms with Crippen LogP contribution in [0, 0.1) is 10.6 Å². The molecule has 0 saturated heterocycles. The van der Waals surface area contributed by atoms with Crippen molar-refractivity contribution < 1.29 is 4.42 Å². The maximum absolute atomic E-state index is 5.59. The molecule has 3 rings (SSSR count). The molecule has 0 amide bonds. The molecule has 1 aromatic carbocycles. The molecule has 108 valence electrons. The van der Waals surface area contributed by atoms with Gasteiger partial charge in [0.1, 0.15) is 22.3 Å². The number of aromatic amines is 1. The summed E-state index contributed by atoms with van der Waals surface area (Å²) in [5, 5.41) is 1.04. The van der Waals surface area contributed by atoms with Crippen LogP contribution in [0.25, 0.3) is 22.4 Å². The SMILES string of the molecule is CC(C)Cc1[nH]c(-c2coc3ccccc23)nc(=S)c1Br. The lowest BCUT2D eigenvalue weighted by atomic mass is 10.1. The van der Waals surface area contributed by atoms with Gasteiger partial charge in [0.05, 0.1) is 10.0 Å². The Hall–Kier alpha value is -1.46. The largest absolute Gasteiger partial charge is 0.464 e. The van der Waals surface area contributed by atoms with Gasteiger partial charge >= 0.3 is 0 Å². The van der Waals surface area contributed by atoms with Crippen LogP contribution in [0.1, 0.15) is 19.5 Å². The van der Waals surface area contributed by atoms with Crippen LogP contribution in [-0.2, 0) is 6.42 Å². The highest BCUT2D eigenvalue weighted by Gasteiger charge is 2.13. The summed E-state index contributed by atoms with van der Waals surface area (Å²) < 4.78 is 7.04. The highest BCUT2D eigenvalue weighted by molar-refractivity contribution is 9.10. The Kier molecular flexibility index (Phi) is 3.95. The summed E-state index contributed by atoms with van der Waals surface area (Å²) in [6.45, 7) is 4.35. The highest BCUT2D eigenvalue weighted by Crippen LogP contribution is 2.30. The van der Waals surface area contributed by atoms with E-state index in [9.17, 15) is 0 Å². The summed E-state index contributed by atoms with van der Waals surface area (Å²) >= 11 is 8.90. The lowest BCUT2D eigenvalue weighted by molar-refractivity contribution is 0.616. The van der Waals surface area contributed by atoms with E-state index in [1.807, 2.05) is 24.3 Å². The van der Waals surface area contributed by atoms with Crippen molar-refractivity contribution in [3.05, 3.63) is 45.3 Å². The summed E-state index contributed by atoms with van der Waals surface area (Å²) in [5.74, 6) is 1.28. The van der Waals surface area contributed by atoms with Gasteiger partial charge < -0.3 is 9.40 Å². The molecule has 0 bridgehead atoms. The molecule has 0 fully saturated rings. The minimum absolute atomic E-state index is 0.531. The van der Waals surface area contributed by atoms with Crippen LogP contribution in [0.3, 0.4) is 0 Å². The van der Waals surface area contributed by atoms with Crippen LogP contribution in [0.15, 0.2) is 39.4 Å². The van der Waals surface area contributed by atoms with Gasteiger partial charge in [-0.25, -0.2) is 4.98 Å². The first-order chi connectivity index (χ1) is 10.1. The maximum Gasteiger partial charge on any atom is 0.144 e. The molecule has 0 atom stereocenters. The number of furan rings is 1. The molecule has 1 N–H and O–H groups in total.